The Morgan fingerprint density at radius 2 is 1.27 bits per heavy atom. The first kappa shape index (κ1) is 37.5. The van der Waals surface area contributed by atoms with E-state index in [0.29, 0.717) is 0 Å². The molecule has 3 rings (SSSR count). The highest BCUT2D eigenvalue weighted by atomic mass is 32.1. The highest BCUT2D eigenvalue weighted by Crippen LogP contribution is 2.51. The Morgan fingerprint density at radius 3 is 1.78 bits per heavy atom. The van der Waals surface area contributed by atoms with Crippen molar-refractivity contribution in [3.63, 3.8) is 0 Å². The molecule has 1 unspecified atom stereocenters. The monoisotopic (exact) mass is 629 g/mol. The molecule has 0 fully saturated rings. The number of thiophene rings is 1. The minimum Gasteiger partial charge on any atom is -0.256 e. The summed E-state index contributed by atoms with van der Waals surface area (Å²) in [6.45, 7) is 28.7. The maximum atomic E-state index is 5.17. The highest BCUT2D eigenvalue weighted by Gasteiger charge is 2.45. The lowest BCUT2D eigenvalue weighted by Gasteiger charge is -2.44. The van der Waals surface area contributed by atoms with E-state index in [1.54, 1.807) is 15.3 Å². The van der Waals surface area contributed by atoms with E-state index in [0.717, 1.165) is 25.0 Å². The van der Waals surface area contributed by atoms with E-state index in [9.17, 15) is 0 Å². The molecular formula is C43H67NS. The predicted octanol–water partition coefficient (Wildman–Crippen LogP) is 13.7. The third kappa shape index (κ3) is 8.71. The highest BCUT2D eigenvalue weighted by molar-refractivity contribution is 7.12. The van der Waals surface area contributed by atoms with E-state index in [1.165, 1.54) is 80.0 Å². The fourth-order valence-corrected chi connectivity index (χ4v) is 8.59. The number of pyridine rings is 1. The van der Waals surface area contributed by atoms with Gasteiger partial charge in [-0.2, -0.15) is 0 Å². The summed E-state index contributed by atoms with van der Waals surface area (Å²) in [4.78, 5) is 8.31. The molecule has 0 spiro atoms. The Hall–Kier alpha value is -1.93. The number of aromatic nitrogens is 1. The SMILES string of the molecule is CCCCCCc1cc(-c2ccc(C(C)(CC)C(C)(C)c3sc(C(C)(C)CC)cc3CCCCCC)cn2)ccc1C(C)(C)C. The molecule has 0 radical (unpaired) electrons. The third-order valence-electron chi connectivity index (χ3n) is 11.2. The summed E-state index contributed by atoms with van der Waals surface area (Å²) in [7, 11) is 0. The molecule has 0 amide bonds. The average Bonchev–Trinajstić information content (AvgIpc) is 3.46. The van der Waals surface area contributed by atoms with Gasteiger partial charge in [0, 0.05) is 32.3 Å². The molecule has 1 atom stereocenters. The van der Waals surface area contributed by atoms with Gasteiger partial charge in [0.15, 0.2) is 0 Å². The van der Waals surface area contributed by atoms with Gasteiger partial charge in [-0.1, -0.05) is 140 Å². The van der Waals surface area contributed by atoms with Crippen LogP contribution in [0.2, 0.25) is 0 Å². The van der Waals surface area contributed by atoms with Crippen molar-refractivity contribution >= 4 is 11.3 Å². The van der Waals surface area contributed by atoms with Gasteiger partial charge in [-0.05, 0) is 89.8 Å². The van der Waals surface area contributed by atoms with Crippen molar-refractivity contribution < 1.29 is 0 Å². The molecular weight excluding hydrogens is 563 g/mol. The zero-order valence-corrected chi connectivity index (χ0v) is 32.2. The molecule has 1 aromatic carbocycles. The van der Waals surface area contributed by atoms with Crippen LogP contribution in [0.5, 0.6) is 0 Å². The summed E-state index contributed by atoms with van der Waals surface area (Å²) in [5.41, 5.74) is 8.56. The topological polar surface area (TPSA) is 12.9 Å². The molecule has 0 bridgehead atoms. The second kappa shape index (κ2) is 15.8. The lowest BCUT2D eigenvalue weighted by molar-refractivity contribution is 0.269. The quantitative estimate of drug-likeness (QED) is 0.135. The first-order valence-corrected chi connectivity index (χ1v) is 19.2. The summed E-state index contributed by atoms with van der Waals surface area (Å²) in [5.74, 6) is 0. The number of rotatable bonds is 17. The molecule has 250 valence electrons. The Labute approximate surface area is 283 Å². The van der Waals surface area contributed by atoms with Gasteiger partial charge in [0.05, 0.1) is 5.69 Å². The molecule has 0 saturated carbocycles. The van der Waals surface area contributed by atoms with E-state index in [1.807, 2.05) is 0 Å². The van der Waals surface area contributed by atoms with E-state index in [-0.39, 0.29) is 21.7 Å². The molecule has 3 aromatic rings. The second-order valence-corrected chi connectivity index (χ2v) is 17.2. The zero-order chi connectivity index (χ0) is 33.5. The fraction of sp³-hybridized carbons (Fsp3) is 0.651. The number of benzene rings is 1. The van der Waals surface area contributed by atoms with Crippen molar-refractivity contribution in [2.24, 2.45) is 0 Å². The van der Waals surface area contributed by atoms with Crippen molar-refractivity contribution in [3.8, 4) is 11.3 Å². The van der Waals surface area contributed by atoms with Crippen LogP contribution in [-0.2, 0) is 34.5 Å². The van der Waals surface area contributed by atoms with Crippen LogP contribution in [-0.4, -0.2) is 4.98 Å². The van der Waals surface area contributed by atoms with Gasteiger partial charge in [0.1, 0.15) is 0 Å². The molecule has 1 nitrogen and oxygen atoms in total. The minimum absolute atomic E-state index is 0.0161. The normalized spacial score (nSPS) is 14.1. The van der Waals surface area contributed by atoms with Gasteiger partial charge >= 0.3 is 0 Å². The van der Waals surface area contributed by atoms with Gasteiger partial charge < -0.3 is 0 Å². The van der Waals surface area contributed by atoms with Crippen molar-refractivity contribution in [1.29, 1.82) is 0 Å². The van der Waals surface area contributed by atoms with Crippen LogP contribution in [0.4, 0.5) is 0 Å². The van der Waals surface area contributed by atoms with Crippen molar-refractivity contribution in [2.45, 2.75) is 182 Å². The maximum absolute atomic E-state index is 5.17. The second-order valence-electron chi connectivity index (χ2n) is 16.2. The van der Waals surface area contributed by atoms with Gasteiger partial charge in [-0.25, -0.2) is 0 Å². The third-order valence-corrected chi connectivity index (χ3v) is 13.1. The number of aryl methyl sites for hydroxylation is 2. The fourth-order valence-electron chi connectivity index (χ4n) is 6.98. The van der Waals surface area contributed by atoms with Gasteiger partial charge in [0.2, 0.25) is 0 Å². The average molecular weight is 630 g/mol. The van der Waals surface area contributed by atoms with Crippen LogP contribution >= 0.6 is 11.3 Å². The molecule has 2 heteroatoms. The molecule has 0 aliphatic heterocycles. The van der Waals surface area contributed by atoms with Crippen LogP contribution in [0, 0.1) is 0 Å². The minimum atomic E-state index is -0.0320. The van der Waals surface area contributed by atoms with E-state index in [4.69, 9.17) is 4.98 Å². The molecule has 0 N–H and O–H groups in total. The summed E-state index contributed by atoms with van der Waals surface area (Å²) in [5, 5.41) is 0. The van der Waals surface area contributed by atoms with Gasteiger partial charge in [-0.15, -0.1) is 11.3 Å². The van der Waals surface area contributed by atoms with Crippen LogP contribution in [0.25, 0.3) is 11.3 Å². The summed E-state index contributed by atoms with van der Waals surface area (Å²) >= 11 is 2.09. The van der Waals surface area contributed by atoms with E-state index < -0.39 is 0 Å². The number of unbranched alkanes of at least 4 members (excludes halogenated alkanes) is 6. The van der Waals surface area contributed by atoms with E-state index >= 15 is 0 Å². The zero-order valence-electron chi connectivity index (χ0n) is 31.4. The van der Waals surface area contributed by atoms with Crippen LogP contribution in [0.15, 0.2) is 42.6 Å². The molecule has 45 heavy (non-hydrogen) atoms. The van der Waals surface area contributed by atoms with Gasteiger partial charge in [-0.3, -0.25) is 4.98 Å². The largest absolute Gasteiger partial charge is 0.256 e. The Kier molecular flexibility index (Phi) is 13.2. The summed E-state index contributed by atoms with van der Waals surface area (Å²) in [6.07, 6.45) is 17.2. The molecule has 0 saturated heterocycles. The van der Waals surface area contributed by atoms with E-state index in [2.05, 4.69) is 137 Å². The lowest BCUT2D eigenvalue weighted by atomic mass is 9.60. The molecule has 0 aliphatic rings. The first-order chi connectivity index (χ1) is 21.2. The first-order valence-electron chi connectivity index (χ1n) is 18.4. The van der Waals surface area contributed by atoms with Gasteiger partial charge in [0.25, 0.3) is 0 Å². The molecule has 2 heterocycles. The van der Waals surface area contributed by atoms with Crippen LogP contribution in [0.1, 0.15) is 179 Å². The molecule has 2 aromatic heterocycles. The predicted molar refractivity (Wildman–Crippen MR) is 202 cm³/mol. The summed E-state index contributed by atoms with van der Waals surface area (Å²) in [6, 6.07) is 14.4. The summed E-state index contributed by atoms with van der Waals surface area (Å²) < 4.78 is 0. The number of hydrogen-bond donors (Lipinski definition) is 0. The van der Waals surface area contributed by atoms with Crippen molar-refractivity contribution in [1.82, 2.24) is 4.98 Å². The lowest BCUT2D eigenvalue weighted by Crippen LogP contribution is -2.42. The van der Waals surface area contributed by atoms with Crippen LogP contribution < -0.4 is 0 Å². The Bertz CT molecular complexity index is 1330. The molecule has 0 aliphatic carbocycles. The Morgan fingerprint density at radius 1 is 0.644 bits per heavy atom. The smallest absolute Gasteiger partial charge is 0.0702 e. The standard InChI is InChI=1S/C43H67NS/c1-13-17-19-21-23-32-29-33(25-27-36(32)40(5,6)7)37-28-26-35(31-44-37)43(12,16-4)42(10,11)39-34(24-22-20-18-14-2)30-38(45-39)41(8,9)15-3/h25-31H,13-24H2,1-12H3. The number of nitrogens with zero attached hydrogens (tertiary/aromatic N) is 1. The maximum Gasteiger partial charge on any atom is 0.0702 e. The Balaban J connectivity index is 2.00. The van der Waals surface area contributed by atoms with Crippen molar-refractivity contribution in [3.05, 3.63) is 74.6 Å². The van der Waals surface area contributed by atoms with Crippen LogP contribution in [0.3, 0.4) is 0 Å². The number of hydrogen-bond acceptors (Lipinski definition) is 2. The van der Waals surface area contributed by atoms with Crippen molar-refractivity contribution in [2.75, 3.05) is 0 Å².